The van der Waals surface area contributed by atoms with Crippen molar-refractivity contribution in [3.05, 3.63) is 63.7 Å². The molecule has 0 saturated heterocycles. The van der Waals surface area contributed by atoms with E-state index >= 15 is 0 Å². The molecule has 0 atom stereocenters. The van der Waals surface area contributed by atoms with Crippen LogP contribution in [-0.2, 0) is 0 Å². The Balaban J connectivity index is 2.30. The molecule has 2 aromatic rings. The monoisotopic (exact) mass is 264 g/mol. The zero-order chi connectivity index (χ0) is 12.3. The Bertz CT molecular complexity index is 542. The fraction of sp³-hybridized carbons (Fsp3) is 0. The smallest absolute Gasteiger partial charge is 0.258 e. The Kier molecular flexibility index (Phi) is 3.66. The molecule has 0 aliphatic carbocycles. The minimum absolute atomic E-state index is 0.0625. The maximum Gasteiger partial charge on any atom is 0.283 e. The van der Waals surface area contributed by atoms with Gasteiger partial charge in [-0.15, -0.1) is 0 Å². The molecule has 0 spiro atoms. The van der Waals surface area contributed by atoms with Crippen LogP contribution >= 0.6 is 23.4 Å². The molecular weight excluding hydrogens is 258 g/mol. The van der Waals surface area contributed by atoms with Crippen molar-refractivity contribution in [1.29, 1.82) is 0 Å². The maximum absolute atomic E-state index is 10.8. The molecule has 5 heteroatoms. The summed E-state index contributed by atoms with van der Waals surface area (Å²) >= 11 is 7.10. The van der Waals surface area contributed by atoms with Crippen molar-refractivity contribution in [2.45, 2.75) is 9.79 Å². The van der Waals surface area contributed by atoms with E-state index in [1.54, 1.807) is 24.3 Å². The van der Waals surface area contributed by atoms with E-state index < -0.39 is 4.92 Å². The fourth-order valence-corrected chi connectivity index (χ4v) is 2.29. The lowest BCUT2D eigenvalue weighted by Gasteiger charge is -2.02. The van der Waals surface area contributed by atoms with Gasteiger partial charge in [-0.2, -0.15) is 0 Å². The number of halogens is 1. The summed E-state index contributed by atoms with van der Waals surface area (Å²) in [5, 5.41) is 11.5. The second-order valence-corrected chi connectivity index (χ2v) is 4.76. The molecule has 0 N–H and O–H groups in total. The second-order valence-electron chi connectivity index (χ2n) is 3.21. The van der Waals surface area contributed by atoms with Gasteiger partial charge in [0.2, 0.25) is 0 Å². The molecule has 3 nitrogen and oxygen atoms in total. The molecule has 1 radical (unpaired) electrons. The van der Waals surface area contributed by atoms with Crippen LogP contribution in [0.3, 0.4) is 0 Å². The average Bonchev–Trinajstić information content (AvgIpc) is 2.32. The predicted molar refractivity (Wildman–Crippen MR) is 67.5 cm³/mol. The van der Waals surface area contributed by atoms with Crippen molar-refractivity contribution in [2.75, 3.05) is 0 Å². The molecule has 2 rings (SSSR count). The molecule has 2 aromatic carbocycles. The Labute approximate surface area is 108 Å². The van der Waals surface area contributed by atoms with E-state index in [-0.39, 0.29) is 5.69 Å². The molecule has 0 heterocycles. The molecule has 85 valence electrons. The number of hydrogen-bond donors (Lipinski definition) is 0. The van der Waals surface area contributed by atoms with Crippen molar-refractivity contribution < 1.29 is 4.92 Å². The largest absolute Gasteiger partial charge is 0.283 e. The zero-order valence-corrected chi connectivity index (χ0v) is 10.2. The van der Waals surface area contributed by atoms with E-state index in [4.69, 9.17) is 11.6 Å². The van der Waals surface area contributed by atoms with Gasteiger partial charge >= 0.3 is 0 Å². The summed E-state index contributed by atoms with van der Waals surface area (Å²) in [7, 11) is 0. The average molecular weight is 265 g/mol. The Morgan fingerprint density at radius 3 is 2.59 bits per heavy atom. The number of hydrogen-bond acceptors (Lipinski definition) is 3. The van der Waals surface area contributed by atoms with E-state index in [1.165, 1.54) is 17.8 Å². The predicted octanol–water partition coefficient (Wildman–Crippen LogP) is 4.20. The van der Waals surface area contributed by atoms with Crippen molar-refractivity contribution in [2.24, 2.45) is 0 Å². The van der Waals surface area contributed by atoms with Gasteiger partial charge in [0, 0.05) is 16.0 Å². The molecule has 0 saturated carbocycles. The van der Waals surface area contributed by atoms with Crippen LogP contribution in [0.5, 0.6) is 0 Å². The molecule has 0 aliphatic rings. The molecule has 0 fully saturated rings. The number of nitro benzene ring substituents is 1. The lowest BCUT2D eigenvalue weighted by molar-refractivity contribution is -0.387. The summed E-state index contributed by atoms with van der Waals surface area (Å²) in [6.45, 7) is 0. The minimum atomic E-state index is -0.408. The van der Waals surface area contributed by atoms with Crippen LogP contribution in [0.25, 0.3) is 0 Å². The third-order valence-corrected chi connectivity index (χ3v) is 3.37. The van der Waals surface area contributed by atoms with Gasteiger partial charge in [-0.25, -0.2) is 0 Å². The van der Waals surface area contributed by atoms with E-state index in [9.17, 15) is 10.1 Å². The van der Waals surface area contributed by atoms with Gasteiger partial charge in [0.05, 0.1) is 9.82 Å². The van der Waals surface area contributed by atoms with Crippen LogP contribution in [0, 0.1) is 16.2 Å². The minimum Gasteiger partial charge on any atom is -0.258 e. The number of benzene rings is 2. The van der Waals surface area contributed by atoms with Crippen LogP contribution in [0.2, 0.25) is 5.02 Å². The Hall–Kier alpha value is -1.52. The Morgan fingerprint density at radius 1 is 1.24 bits per heavy atom. The van der Waals surface area contributed by atoms with E-state index in [0.717, 1.165) is 4.90 Å². The van der Waals surface area contributed by atoms with Gasteiger partial charge in [-0.3, -0.25) is 10.1 Å². The number of nitrogens with zero attached hydrogens (tertiary/aromatic N) is 1. The van der Waals surface area contributed by atoms with E-state index in [2.05, 4.69) is 6.07 Å². The Morgan fingerprint density at radius 2 is 1.94 bits per heavy atom. The standard InChI is InChI=1S/C12H7ClNO2S/c13-9-5-7-10(8-6-9)17-12-4-2-1-3-11(12)14(15)16/h2-8H. The highest BCUT2D eigenvalue weighted by Crippen LogP contribution is 2.34. The lowest BCUT2D eigenvalue weighted by atomic mass is 10.3. The lowest BCUT2D eigenvalue weighted by Crippen LogP contribution is -1.89. The number of rotatable bonds is 3. The first kappa shape index (κ1) is 12.0. The third kappa shape index (κ3) is 2.99. The molecule has 0 amide bonds. The summed E-state index contributed by atoms with van der Waals surface area (Å²) in [6, 6.07) is 14.6. The molecule has 0 aliphatic heterocycles. The molecular formula is C12H7ClNO2S. The van der Waals surface area contributed by atoms with Gasteiger partial charge in [0.25, 0.3) is 5.69 Å². The summed E-state index contributed by atoms with van der Waals surface area (Å²) < 4.78 is 0. The normalized spacial score (nSPS) is 10.2. The fourth-order valence-electron chi connectivity index (χ4n) is 1.27. The van der Waals surface area contributed by atoms with Crippen molar-refractivity contribution in [3.63, 3.8) is 0 Å². The SMILES string of the molecule is O=[N+]([O-])c1c[c]ccc1Sc1ccc(Cl)cc1. The highest BCUT2D eigenvalue weighted by Gasteiger charge is 2.13. The highest BCUT2D eigenvalue weighted by atomic mass is 35.5. The summed E-state index contributed by atoms with van der Waals surface area (Å²) in [5.41, 5.74) is 0.0625. The molecule has 17 heavy (non-hydrogen) atoms. The first-order chi connectivity index (χ1) is 8.16. The molecule has 0 bridgehead atoms. The second kappa shape index (κ2) is 5.21. The van der Waals surface area contributed by atoms with Gasteiger partial charge in [0.1, 0.15) is 0 Å². The maximum atomic E-state index is 10.8. The quantitative estimate of drug-likeness (QED) is 0.616. The summed E-state index contributed by atoms with van der Waals surface area (Å²) in [5.74, 6) is 0. The first-order valence-corrected chi connectivity index (χ1v) is 5.94. The van der Waals surface area contributed by atoms with E-state index in [1.807, 2.05) is 12.1 Å². The molecule has 0 aromatic heterocycles. The van der Waals surface area contributed by atoms with Crippen LogP contribution < -0.4 is 0 Å². The van der Waals surface area contributed by atoms with Gasteiger partial charge < -0.3 is 0 Å². The first-order valence-electron chi connectivity index (χ1n) is 4.75. The van der Waals surface area contributed by atoms with Crippen molar-refractivity contribution in [1.82, 2.24) is 0 Å². The topological polar surface area (TPSA) is 43.1 Å². The molecule has 0 unspecified atom stereocenters. The van der Waals surface area contributed by atoms with Crippen LogP contribution in [-0.4, -0.2) is 4.92 Å². The highest BCUT2D eigenvalue weighted by molar-refractivity contribution is 7.99. The summed E-state index contributed by atoms with van der Waals surface area (Å²) in [6.07, 6.45) is 0. The zero-order valence-electron chi connectivity index (χ0n) is 8.59. The van der Waals surface area contributed by atoms with Crippen molar-refractivity contribution >= 4 is 29.1 Å². The van der Waals surface area contributed by atoms with Crippen LogP contribution in [0.15, 0.2) is 52.3 Å². The van der Waals surface area contributed by atoms with Gasteiger partial charge in [-0.05, 0) is 36.4 Å². The third-order valence-electron chi connectivity index (χ3n) is 2.04. The van der Waals surface area contributed by atoms with Crippen LogP contribution in [0.1, 0.15) is 0 Å². The number of nitro groups is 1. The van der Waals surface area contributed by atoms with Gasteiger partial charge in [0.15, 0.2) is 0 Å². The van der Waals surface area contributed by atoms with Crippen molar-refractivity contribution in [3.8, 4) is 0 Å². The van der Waals surface area contributed by atoms with E-state index in [0.29, 0.717) is 9.92 Å². The summed E-state index contributed by atoms with van der Waals surface area (Å²) in [4.78, 5) is 11.9. The van der Waals surface area contributed by atoms with Gasteiger partial charge in [-0.1, -0.05) is 29.4 Å². The van der Waals surface area contributed by atoms with Crippen LogP contribution in [0.4, 0.5) is 5.69 Å².